The molecule has 0 aromatic rings. The molecular weight excluding hydrogens is 394 g/mol. The van der Waals surface area contributed by atoms with Gasteiger partial charge >= 0.3 is 0 Å². The summed E-state index contributed by atoms with van der Waals surface area (Å²) < 4.78 is 0. The van der Waals surface area contributed by atoms with E-state index in [2.05, 4.69) is 24.1 Å². The minimum Gasteiger partial charge on any atom is -0.344 e. The number of amides is 3. The fraction of sp³-hybridized carbons (Fsp3) is 0.708. The molecule has 0 aliphatic heterocycles. The highest BCUT2D eigenvalue weighted by Crippen LogP contribution is 2.11. The van der Waals surface area contributed by atoms with E-state index in [1.165, 1.54) is 55.3 Å². The van der Waals surface area contributed by atoms with Crippen LogP contribution in [0.5, 0.6) is 0 Å². The van der Waals surface area contributed by atoms with Crippen molar-refractivity contribution >= 4 is 17.7 Å². The van der Waals surface area contributed by atoms with Crippen molar-refractivity contribution < 1.29 is 19.6 Å². The third-order valence-electron chi connectivity index (χ3n) is 5.05. The van der Waals surface area contributed by atoms with E-state index < -0.39 is 17.9 Å². The Morgan fingerprint density at radius 1 is 0.839 bits per heavy atom. The van der Waals surface area contributed by atoms with Crippen LogP contribution in [0.4, 0.5) is 0 Å². The Morgan fingerprint density at radius 3 is 1.84 bits per heavy atom. The van der Waals surface area contributed by atoms with E-state index in [1.807, 2.05) is 0 Å². The highest BCUT2D eigenvalue weighted by Gasteiger charge is 2.25. The molecule has 31 heavy (non-hydrogen) atoms. The third kappa shape index (κ3) is 15.0. The lowest BCUT2D eigenvalue weighted by Gasteiger charge is -2.25. The predicted molar refractivity (Wildman–Crippen MR) is 122 cm³/mol. The number of rotatable bonds is 18. The maximum atomic E-state index is 12.7. The Hall–Kier alpha value is -2.51. The first kappa shape index (κ1) is 28.5. The molecule has 0 unspecified atom stereocenters. The van der Waals surface area contributed by atoms with Crippen LogP contribution in [0.1, 0.15) is 90.4 Å². The topological polar surface area (TPSA) is 98.7 Å². The molecule has 0 aromatic heterocycles. The standard InChI is InChI=1S/C24H39N3O4/c1-4-7-8-9-10-11-12-13-14-15-16-22(28)25-21(17-18-23(29)26-31)24(30)27(19-5-2)20-6-3/h2-3,21,31H,4,7-20H2,1H3,(H,25,28)(H,26,29)/t21-/m1/s1. The molecule has 0 fully saturated rings. The van der Waals surface area contributed by atoms with Gasteiger partial charge in [-0.3, -0.25) is 19.6 Å². The number of nitrogens with one attached hydrogen (secondary N) is 2. The zero-order chi connectivity index (χ0) is 23.3. The van der Waals surface area contributed by atoms with Gasteiger partial charge in [-0.15, -0.1) is 12.8 Å². The number of hydroxylamine groups is 1. The number of unbranched alkanes of at least 4 members (excludes halogenated alkanes) is 9. The molecule has 1 atom stereocenters. The van der Waals surface area contributed by atoms with E-state index >= 15 is 0 Å². The number of hydrogen-bond donors (Lipinski definition) is 3. The minimum absolute atomic E-state index is 0.0139. The van der Waals surface area contributed by atoms with Crippen LogP contribution in [0.25, 0.3) is 0 Å². The fourth-order valence-electron chi connectivity index (χ4n) is 3.28. The Kier molecular flexibility index (Phi) is 17.9. The third-order valence-corrected chi connectivity index (χ3v) is 5.05. The quantitative estimate of drug-likeness (QED) is 0.134. The number of nitrogens with zero attached hydrogens (tertiary/aromatic N) is 1. The van der Waals surface area contributed by atoms with Crippen molar-refractivity contribution in [3.63, 3.8) is 0 Å². The zero-order valence-corrected chi connectivity index (χ0v) is 19.0. The molecule has 0 bridgehead atoms. The number of carbonyl (C=O) groups excluding carboxylic acids is 3. The van der Waals surface area contributed by atoms with Crippen LogP contribution >= 0.6 is 0 Å². The van der Waals surface area contributed by atoms with Gasteiger partial charge in [-0.1, -0.05) is 76.6 Å². The molecule has 7 heteroatoms. The van der Waals surface area contributed by atoms with Gasteiger partial charge in [-0.25, -0.2) is 5.48 Å². The average Bonchev–Trinajstić information content (AvgIpc) is 2.76. The van der Waals surface area contributed by atoms with E-state index in [9.17, 15) is 14.4 Å². The normalized spacial score (nSPS) is 11.1. The summed E-state index contributed by atoms with van der Waals surface area (Å²) in [5.41, 5.74) is 1.52. The van der Waals surface area contributed by atoms with Crippen LogP contribution in [0, 0.1) is 24.7 Å². The van der Waals surface area contributed by atoms with Gasteiger partial charge in [0.15, 0.2) is 0 Å². The summed E-state index contributed by atoms with van der Waals surface area (Å²) in [6.07, 6.45) is 22.5. The second-order valence-corrected chi connectivity index (χ2v) is 7.73. The molecule has 174 valence electrons. The van der Waals surface area contributed by atoms with Gasteiger partial charge in [0.1, 0.15) is 6.04 Å². The summed E-state index contributed by atoms with van der Waals surface area (Å²) in [6, 6.07) is -0.922. The van der Waals surface area contributed by atoms with Crippen molar-refractivity contribution in [1.82, 2.24) is 15.7 Å². The molecule has 0 rings (SSSR count). The van der Waals surface area contributed by atoms with Crippen molar-refractivity contribution in [1.29, 1.82) is 0 Å². The second kappa shape index (κ2) is 19.5. The van der Waals surface area contributed by atoms with Crippen molar-refractivity contribution in [2.75, 3.05) is 13.1 Å². The Bertz CT molecular complexity index is 591. The monoisotopic (exact) mass is 433 g/mol. The molecule has 0 heterocycles. The second-order valence-electron chi connectivity index (χ2n) is 7.73. The van der Waals surface area contributed by atoms with E-state index in [-0.39, 0.29) is 31.8 Å². The summed E-state index contributed by atoms with van der Waals surface area (Å²) >= 11 is 0. The fourth-order valence-corrected chi connectivity index (χ4v) is 3.28. The van der Waals surface area contributed by atoms with Crippen molar-refractivity contribution in [3.8, 4) is 24.7 Å². The molecular formula is C24H39N3O4. The van der Waals surface area contributed by atoms with Gasteiger partial charge in [-0.2, -0.15) is 0 Å². The Balaban J connectivity index is 4.40. The summed E-state index contributed by atoms with van der Waals surface area (Å²) in [5, 5.41) is 11.4. The van der Waals surface area contributed by atoms with Gasteiger partial charge in [-0.05, 0) is 12.8 Å². The van der Waals surface area contributed by atoms with Crippen LogP contribution in [-0.4, -0.2) is 47.0 Å². The van der Waals surface area contributed by atoms with E-state index in [0.717, 1.165) is 19.3 Å². The zero-order valence-electron chi connectivity index (χ0n) is 19.0. The van der Waals surface area contributed by atoms with Gasteiger partial charge < -0.3 is 10.2 Å². The number of hydrogen-bond acceptors (Lipinski definition) is 4. The van der Waals surface area contributed by atoms with Crippen molar-refractivity contribution in [3.05, 3.63) is 0 Å². The van der Waals surface area contributed by atoms with E-state index in [1.54, 1.807) is 0 Å². The van der Waals surface area contributed by atoms with Crippen LogP contribution in [0.3, 0.4) is 0 Å². The van der Waals surface area contributed by atoms with Gasteiger partial charge in [0, 0.05) is 12.8 Å². The van der Waals surface area contributed by atoms with Crippen LogP contribution in [0.2, 0.25) is 0 Å². The lowest BCUT2D eigenvalue weighted by molar-refractivity contribution is -0.136. The molecule has 0 aliphatic carbocycles. The van der Waals surface area contributed by atoms with Gasteiger partial charge in [0.2, 0.25) is 17.7 Å². The first-order chi connectivity index (χ1) is 15.0. The highest BCUT2D eigenvalue weighted by atomic mass is 16.5. The lowest BCUT2D eigenvalue weighted by Crippen LogP contribution is -2.49. The maximum absolute atomic E-state index is 12.7. The summed E-state index contributed by atoms with van der Waals surface area (Å²) in [6.45, 7) is 2.24. The molecule has 7 nitrogen and oxygen atoms in total. The SMILES string of the molecule is C#CCN(CC#C)C(=O)[C@@H](CCC(=O)NO)NC(=O)CCCCCCCCCCCC. The molecule has 0 aliphatic rings. The van der Waals surface area contributed by atoms with E-state index in [0.29, 0.717) is 6.42 Å². The summed E-state index contributed by atoms with van der Waals surface area (Å²) in [7, 11) is 0. The maximum Gasteiger partial charge on any atom is 0.246 e. The van der Waals surface area contributed by atoms with Crippen LogP contribution < -0.4 is 10.8 Å². The van der Waals surface area contributed by atoms with Gasteiger partial charge in [0.05, 0.1) is 13.1 Å². The minimum atomic E-state index is -0.922. The molecule has 3 amide bonds. The van der Waals surface area contributed by atoms with Crippen molar-refractivity contribution in [2.24, 2.45) is 0 Å². The lowest BCUT2D eigenvalue weighted by atomic mass is 10.1. The number of carbonyl (C=O) groups is 3. The van der Waals surface area contributed by atoms with E-state index in [4.69, 9.17) is 18.1 Å². The summed E-state index contributed by atoms with van der Waals surface area (Å²) in [5.74, 6) is 3.42. The Morgan fingerprint density at radius 2 is 1.35 bits per heavy atom. The molecule has 0 spiro atoms. The molecule has 0 aromatic carbocycles. The van der Waals surface area contributed by atoms with Gasteiger partial charge in [0.25, 0.3) is 0 Å². The molecule has 3 N–H and O–H groups in total. The van der Waals surface area contributed by atoms with Crippen LogP contribution in [0.15, 0.2) is 0 Å². The molecule has 0 saturated carbocycles. The number of terminal acetylenes is 2. The predicted octanol–water partition coefficient (Wildman–Crippen LogP) is 3.16. The molecule has 0 radical (unpaired) electrons. The first-order valence-corrected chi connectivity index (χ1v) is 11.4. The molecule has 0 saturated heterocycles. The average molecular weight is 434 g/mol. The highest BCUT2D eigenvalue weighted by molar-refractivity contribution is 5.88. The largest absolute Gasteiger partial charge is 0.344 e. The first-order valence-electron chi connectivity index (χ1n) is 11.4. The summed E-state index contributed by atoms with van der Waals surface area (Å²) in [4.78, 5) is 37.7. The Labute approximate surface area is 187 Å². The van der Waals surface area contributed by atoms with Crippen LogP contribution in [-0.2, 0) is 14.4 Å². The van der Waals surface area contributed by atoms with Crippen molar-refractivity contribution in [2.45, 2.75) is 96.4 Å². The smallest absolute Gasteiger partial charge is 0.246 e.